The number of hydrogen-bond donors (Lipinski definition) is 2. The summed E-state index contributed by atoms with van der Waals surface area (Å²) in [4.78, 5) is 25.5. The Morgan fingerprint density at radius 3 is 2.24 bits per heavy atom. The highest BCUT2D eigenvalue weighted by atomic mass is 16.4. The highest BCUT2D eigenvalue weighted by Crippen LogP contribution is 2.35. The lowest BCUT2D eigenvalue weighted by atomic mass is 9.76. The fraction of sp³-hybridized carbons (Fsp3) is 0.875. The largest absolute Gasteiger partial charge is 0.481 e. The minimum absolute atomic E-state index is 0.0917. The number of aliphatic carboxylic acids is 1. The standard InChI is InChI=1S/C16H30N2O3/c1-4-16(14(20)21)8-11-18(12-9-16)13(19)5-6-15(2,3)7-10-17/h4-12,17H2,1-3H3,(H,20,21). The summed E-state index contributed by atoms with van der Waals surface area (Å²) in [6, 6.07) is 0. The topological polar surface area (TPSA) is 83.6 Å². The number of nitrogens with zero attached hydrogens (tertiary/aromatic N) is 1. The number of nitrogens with two attached hydrogens (primary N) is 1. The van der Waals surface area contributed by atoms with Gasteiger partial charge in [0, 0.05) is 19.5 Å². The molecule has 3 N–H and O–H groups in total. The molecule has 0 spiro atoms. The maximum absolute atomic E-state index is 12.3. The van der Waals surface area contributed by atoms with Gasteiger partial charge in [0.2, 0.25) is 5.91 Å². The number of carboxylic acids is 1. The van der Waals surface area contributed by atoms with Gasteiger partial charge in [-0.15, -0.1) is 0 Å². The lowest BCUT2D eigenvalue weighted by Gasteiger charge is -2.38. The Morgan fingerprint density at radius 1 is 1.24 bits per heavy atom. The van der Waals surface area contributed by atoms with Crippen molar-refractivity contribution < 1.29 is 14.7 Å². The summed E-state index contributed by atoms with van der Waals surface area (Å²) in [5.74, 6) is -0.573. The molecule has 0 unspecified atom stereocenters. The van der Waals surface area contributed by atoms with Crippen LogP contribution in [0.3, 0.4) is 0 Å². The summed E-state index contributed by atoms with van der Waals surface area (Å²) in [6.07, 6.45) is 4.04. The molecule has 1 aliphatic rings. The van der Waals surface area contributed by atoms with Crippen molar-refractivity contribution in [1.82, 2.24) is 4.90 Å². The van der Waals surface area contributed by atoms with Crippen LogP contribution in [0.2, 0.25) is 0 Å². The molecule has 0 atom stereocenters. The minimum Gasteiger partial charge on any atom is -0.481 e. The van der Waals surface area contributed by atoms with Crippen molar-refractivity contribution in [1.29, 1.82) is 0 Å². The molecule has 0 radical (unpaired) electrons. The molecule has 1 amide bonds. The van der Waals surface area contributed by atoms with Crippen LogP contribution in [-0.2, 0) is 9.59 Å². The smallest absolute Gasteiger partial charge is 0.309 e. The summed E-state index contributed by atoms with van der Waals surface area (Å²) in [6.45, 7) is 7.96. The molecule has 0 bridgehead atoms. The predicted molar refractivity (Wildman–Crippen MR) is 82.9 cm³/mol. The van der Waals surface area contributed by atoms with Crippen LogP contribution in [-0.4, -0.2) is 41.5 Å². The molecular formula is C16H30N2O3. The molecule has 122 valence electrons. The number of rotatable bonds is 7. The van der Waals surface area contributed by atoms with Gasteiger partial charge in [-0.1, -0.05) is 20.8 Å². The van der Waals surface area contributed by atoms with Crippen molar-refractivity contribution in [3.05, 3.63) is 0 Å². The zero-order chi connectivity index (χ0) is 16.1. The Morgan fingerprint density at radius 2 is 1.81 bits per heavy atom. The fourth-order valence-electron chi connectivity index (χ4n) is 3.02. The van der Waals surface area contributed by atoms with Gasteiger partial charge >= 0.3 is 5.97 Å². The lowest BCUT2D eigenvalue weighted by molar-refractivity contribution is -0.154. The Kier molecular flexibility index (Phi) is 6.20. The van der Waals surface area contributed by atoms with E-state index in [-0.39, 0.29) is 11.3 Å². The number of carboxylic acid groups (broad SMARTS) is 1. The van der Waals surface area contributed by atoms with Crippen molar-refractivity contribution in [2.75, 3.05) is 19.6 Å². The first-order chi connectivity index (χ1) is 9.76. The van der Waals surface area contributed by atoms with Crippen LogP contribution >= 0.6 is 0 Å². The fourth-order valence-corrected chi connectivity index (χ4v) is 3.02. The maximum Gasteiger partial charge on any atom is 0.309 e. The van der Waals surface area contributed by atoms with Gasteiger partial charge in [0.15, 0.2) is 0 Å². The molecule has 1 fully saturated rings. The molecule has 0 aromatic carbocycles. The first kappa shape index (κ1) is 18.0. The highest BCUT2D eigenvalue weighted by Gasteiger charge is 2.40. The first-order valence-corrected chi connectivity index (χ1v) is 7.97. The third-order valence-corrected chi connectivity index (χ3v) is 5.04. The number of amides is 1. The second kappa shape index (κ2) is 7.25. The van der Waals surface area contributed by atoms with Gasteiger partial charge in [0.1, 0.15) is 0 Å². The lowest BCUT2D eigenvalue weighted by Crippen LogP contribution is -2.46. The van der Waals surface area contributed by atoms with Gasteiger partial charge in [0.05, 0.1) is 5.41 Å². The van der Waals surface area contributed by atoms with Crippen LogP contribution in [0.5, 0.6) is 0 Å². The van der Waals surface area contributed by atoms with E-state index < -0.39 is 11.4 Å². The molecule has 1 rings (SSSR count). The van der Waals surface area contributed by atoms with Crippen LogP contribution in [0.25, 0.3) is 0 Å². The third-order valence-electron chi connectivity index (χ3n) is 5.04. The van der Waals surface area contributed by atoms with Crippen LogP contribution < -0.4 is 5.73 Å². The van der Waals surface area contributed by atoms with Gasteiger partial charge in [-0.05, 0) is 44.1 Å². The molecule has 5 heteroatoms. The van der Waals surface area contributed by atoms with Gasteiger partial charge in [-0.3, -0.25) is 9.59 Å². The van der Waals surface area contributed by atoms with Gasteiger partial charge < -0.3 is 15.7 Å². The first-order valence-electron chi connectivity index (χ1n) is 7.97. The van der Waals surface area contributed by atoms with Crippen LogP contribution in [0, 0.1) is 10.8 Å². The van der Waals surface area contributed by atoms with E-state index in [2.05, 4.69) is 13.8 Å². The van der Waals surface area contributed by atoms with Crippen LogP contribution in [0.1, 0.15) is 59.3 Å². The van der Waals surface area contributed by atoms with Crippen molar-refractivity contribution in [3.8, 4) is 0 Å². The summed E-state index contributed by atoms with van der Waals surface area (Å²) >= 11 is 0. The van der Waals surface area contributed by atoms with E-state index in [1.54, 1.807) is 0 Å². The molecule has 0 aromatic heterocycles. The van der Waals surface area contributed by atoms with Crippen LogP contribution in [0.15, 0.2) is 0 Å². The molecule has 0 saturated carbocycles. The summed E-state index contributed by atoms with van der Waals surface area (Å²) < 4.78 is 0. The number of carbonyl (C=O) groups excluding carboxylic acids is 1. The molecular weight excluding hydrogens is 268 g/mol. The minimum atomic E-state index is -0.721. The van der Waals surface area contributed by atoms with E-state index in [0.717, 1.165) is 12.8 Å². The van der Waals surface area contributed by atoms with E-state index in [9.17, 15) is 14.7 Å². The van der Waals surface area contributed by atoms with Crippen LogP contribution in [0.4, 0.5) is 0 Å². The molecule has 0 aliphatic carbocycles. The molecule has 1 saturated heterocycles. The Hall–Kier alpha value is -1.10. The van der Waals surface area contributed by atoms with Crippen molar-refractivity contribution in [3.63, 3.8) is 0 Å². The number of piperidine rings is 1. The van der Waals surface area contributed by atoms with E-state index >= 15 is 0 Å². The van der Waals surface area contributed by atoms with Gasteiger partial charge in [-0.25, -0.2) is 0 Å². The Balaban J connectivity index is 2.47. The molecule has 5 nitrogen and oxygen atoms in total. The van der Waals surface area contributed by atoms with Crippen molar-refractivity contribution in [2.24, 2.45) is 16.6 Å². The van der Waals surface area contributed by atoms with Gasteiger partial charge in [-0.2, -0.15) is 0 Å². The van der Waals surface area contributed by atoms with E-state index in [1.807, 2.05) is 11.8 Å². The SMILES string of the molecule is CCC1(C(=O)O)CCN(C(=O)CCC(C)(C)CCN)CC1. The van der Waals surface area contributed by atoms with E-state index in [0.29, 0.717) is 45.3 Å². The number of likely N-dealkylation sites (tertiary alicyclic amines) is 1. The Bertz CT molecular complexity index is 372. The normalized spacial score (nSPS) is 18.6. The number of hydrogen-bond acceptors (Lipinski definition) is 3. The molecule has 0 aromatic rings. The maximum atomic E-state index is 12.3. The Labute approximate surface area is 127 Å². The van der Waals surface area contributed by atoms with E-state index in [4.69, 9.17) is 5.73 Å². The van der Waals surface area contributed by atoms with Gasteiger partial charge in [0.25, 0.3) is 0 Å². The molecule has 21 heavy (non-hydrogen) atoms. The third kappa shape index (κ3) is 4.70. The second-order valence-electron chi connectivity index (χ2n) is 7.02. The molecule has 1 heterocycles. The zero-order valence-corrected chi connectivity index (χ0v) is 13.7. The van der Waals surface area contributed by atoms with Crippen molar-refractivity contribution in [2.45, 2.75) is 59.3 Å². The quantitative estimate of drug-likeness (QED) is 0.755. The summed E-state index contributed by atoms with van der Waals surface area (Å²) in [5, 5.41) is 9.37. The average molecular weight is 298 g/mol. The van der Waals surface area contributed by atoms with Crippen molar-refractivity contribution >= 4 is 11.9 Å². The molecule has 1 aliphatic heterocycles. The second-order valence-corrected chi connectivity index (χ2v) is 7.02. The zero-order valence-electron chi connectivity index (χ0n) is 13.7. The monoisotopic (exact) mass is 298 g/mol. The average Bonchev–Trinajstić information content (AvgIpc) is 2.44. The predicted octanol–water partition coefficient (Wildman–Crippen LogP) is 2.25. The summed E-state index contributed by atoms with van der Waals surface area (Å²) in [5.41, 5.74) is 5.05. The van der Waals surface area contributed by atoms with E-state index in [1.165, 1.54) is 0 Å². The highest BCUT2D eigenvalue weighted by molar-refractivity contribution is 5.78. The number of carbonyl (C=O) groups is 2. The summed E-state index contributed by atoms with van der Waals surface area (Å²) in [7, 11) is 0.